The zero-order valence-electron chi connectivity index (χ0n) is 16.2. The molecular formula is C24H22ClNO4. The van der Waals surface area contributed by atoms with Gasteiger partial charge in [-0.05, 0) is 28.3 Å². The topological polar surface area (TPSA) is 78.8 Å². The van der Waals surface area contributed by atoms with Gasteiger partial charge in [-0.1, -0.05) is 78.3 Å². The molecule has 0 saturated carbocycles. The van der Waals surface area contributed by atoms with Crippen molar-refractivity contribution in [1.82, 2.24) is 5.32 Å². The third-order valence-corrected chi connectivity index (χ3v) is 5.73. The summed E-state index contributed by atoms with van der Waals surface area (Å²) in [6.45, 7) is 0.0199. The van der Waals surface area contributed by atoms with Gasteiger partial charge in [0.2, 0.25) is 0 Å². The molecule has 3 aromatic carbocycles. The summed E-state index contributed by atoms with van der Waals surface area (Å²) in [5.74, 6) is -0.0400. The number of ether oxygens (including phenoxy) is 1. The fourth-order valence-electron chi connectivity index (χ4n) is 3.87. The van der Waals surface area contributed by atoms with Crippen LogP contribution in [0.2, 0.25) is 5.02 Å². The Morgan fingerprint density at radius 2 is 1.50 bits per heavy atom. The first-order chi connectivity index (χ1) is 14.6. The number of halogens is 1. The summed E-state index contributed by atoms with van der Waals surface area (Å²) in [5, 5.41) is 23.3. The molecule has 0 aromatic heterocycles. The van der Waals surface area contributed by atoms with Crippen molar-refractivity contribution in [3.05, 3.63) is 94.5 Å². The number of aliphatic hydroxyl groups is 2. The number of amides is 1. The first kappa shape index (κ1) is 20.4. The number of carbonyl (C=O) groups excluding carboxylic acids is 1. The average molecular weight is 424 g/mol. The highest BCUT2D eigenvalue weighted by atomic mass is 35.5. The largest absolute Gasteiger partial charge is 0.449 e. The highest BCUT2D eigenvalue weighted by Crippen LogP contribution is 2.44. The van der Waals surface area contributed by atoms with E-state index in [1.807, 2.05) is 36.4 Å². The first-order valence-corrected chi connectivity index (χ1v) is 10.1. The molecule has 2 atom stereocenters. The Hall–Kier alpha value is -2.86. The molecule has 0 aliphatic heterocycles. The van der Waals surface area contributed by atoms with Gasteiger partial charge in [0.05, 0.1) is 0 Å². The van der Waals surface area contributed by atoms with Gasteiger partial charge in [-0.15, -0.1) is 0 Å². The molecule has 0 fully saturated rings. The predicted octanol–water partition coefficient (Wildman–Crippen LogP) is 4.27. The molecule has 0 radical (unpaired) electrons. The van der Waals surface area contributed by atoms with Crippen molar-refractivity contribution in [2.24, 2.45) is 0 Å². The van der Waals surface area contributed by atoms with Gasteiger partial charge in [0.1, 0.15) is 18.8 Å². The normalized spacial score (nSPS) is 14.5. The van der Waals surface area contributed by atoms with Crippen molar-refractivity contribution >= 4 is 17.7 Å². The lowest BCUT2D eigenvalue weighted by Gasteiger charge is -2.20. The Balaban J connectivity index is 1.35. The summed E-state index contributed by atoms with van der Waals surface area (Å²) in [6.07, 6.45) is -3.08. The Bertz CT molecular complexity index is 1010. The van der Waals surface area contributed by atoms with E-state index in [4.69, 9.17) is 16.3 Å². The van der Waals surface area contributed by atoms with Gasteiger partial charge < -0.3 is 20.3 Å². The second-order valence-electron chi connectivity index (χ2n) is 7.24. The highest BCUT2D eigenvalue weighted by molar-refractivity contribution is 6.31. The standard InChI is InChI=1S/C24H22ClNO4/c25-21-12-6-5-11-19(21)23(28)22(27)13-26-24(29)30-14-20-17-9-3-1-7-15(17)16-8-2-4-10-18(16)20/h1-12,20,22-23,27-28H,13-14H2,(H,26,29). The predicted molar refractivity (Wildman–Crippen MR) is 115 cm³/mol. The van der Waals surface area contributed by atoms with Crippen molar-refractivity contribution in [2.45, 2.75) is 18.1 Å². The van der Waals surface area contributed by atoms with E-state index in [0.717, 1.165) is 22.3 Å². The molecule has 0 heterocycles. The van der Waals surface area contributed by atoms with Crippen LogP contribution in [0.15, 0.2) is 72.8 Å². The lowest BCUT2D eigenvalue weighted by Crippen LogP contribution is -2.36. The van der Waals surface area contributed by atoms with E-state index >= 15 is 0 Å². The maximum atomic E-state index is 12.2. The quantitative estimate of drug-likeness (QED) is 0.553. The lowest BCUT2D eigenvalue weighted by atomic mass is 9.98. The van der Waals surface area contributed by atoms with Crippen LogP contribution in [0.1, 0.15) is 28.7 Å². The number of aliphatic hydroxyl groups excluding tert-OH is 2. The third-order valence-electron chi connectivity index (χ3n) is 5.39. The molecule has 4 rings (SSSR count). The van der Waals surface area contributed by atoms with Crippen molar-refractivity contribution < 1.29 is 19.7 Å². The Labute approximate surface area is 179 Å². The van der Waals surface area contributed by atoms with Gasteiger partial charge in [0.25, 0.3) is 0 Å². The number of hydrogen-bond acceptors (Lipinski definition) is 4. The molecule has 1 amide bonds. The van der Waals surface area contributed by atoms with Crippen LogP contribution < -0.4 is 5.32 Å². The molecule has 1 aliphatic carbocycles. The van der Waals surface area contributed by atoms with Crippen molar-refractivity contribution in [2.75, 3.05) is 13.2 Å². The molecule has 5 nitrogen and oxygen atoms in total. The highest BCUT2D eigenvalue weighted by Gasteiger charge is 2.29. The minimum Gasteiger partial charge on any atom is -0.449 e. The van der Waals surface area contributed by atoms with Crippen LogP contribution in [0, 0.1) is 0 Å². The Morgan fingerprint density at radius 3 is 2.13 bits per heavy atom. The molecule has 0 bridgehead atoms. The van der Waals surface area contributed by atoms with Crippen LogP contribution >= 0.6 is 11.6 Å². The summed E-state index contributed by atoms with van der Waals surface area (Å²) in [4.78, 5) is 12.2. The van der Waals surface area contributed by atoms with Crippen LogP contribution in [-0.4, -0.2) is 35.6 Å². The Morgan fingerprint density at radius 1 is 0.933 bits per heavy atom. The number of hydrogen-bond donors (Lipinski definition) is 3. The number of carbonyl (C=O) groups is 1. The van der Waals surface area contributed by atoms with Crippen LogP contribution in [0.25, 0.3) is 11.1 Å². The summed E-state index contributed by atoms with van der Waals surface area (Å²) >= 11 is 6.05. The van der Waals surface area contributed by atoms with Crippen LogP contribution in [-0.2, 0) is 4.74 Å². The van der Waals surface area contributed by atoms with Gasteiger partial charge in [-0.3, -0.25) is 0 Å². The molecule has 154 valence electrons. The van der Waals surface area contributed by atoms with Crippen LogP contribution in [0.4, 0.5) is 4.79 Å². The SMILES string of the molecule is O=C(NCC(O)C(O)c1ccccc1Cl)OCC1c2ccccc2-c2ccccc21. The zero-order chi connectivity index (χ0) is 21.1. The summed E-state index contributed by atoms with van der Waals surface area (Å²) < 4.78 is 5.43. The monoisotopic (exact) mass is 423 g/mol. The third kappa shape index (κ3) is 4.05. The van der Waals surface area contributed by atoms with Crippen LogP contribution in [0.3, 0.4) is 0 Å². The molecule has 3 N–H and O–H groups in total. The van der Waals surface area contributed by atoms with Crippen molar-refractivity contribution in [1.29, 1.82) is 0 Å². The van der Waals surface area contributed by atoms with Crippen molar-refractivity contribution in [3.8, 4) is 11.1 Å². The van der Waals surface area contributed by atoms with Gasteiger partial charge in [-0.2, -0.15) is 0 Å². The van der Waals surface area contributed by atoms with E-state index in [1.165, 1.54) is 0 Å². The second-order valence-corrected chi connectivity index (χ2v) is 7.65. The number of fused-ring (bicyclic) bond motifs is 3. The minimum atomic E-state index is -1.22. The van der Waals surface area contributed by atoms with Gasteiger partial charge in [0.15, 0.2) is 0 Å². The molecule has 0 spiro atoms. The summed E-state index contributed by atoms with van der Waals surface area (Å²) in [5.41, 5.74) is 4.96. The summed E-state index contributed by atoms with van der Waals surface area (Å²) in [7, 11) is 0. The van der Waals surface area contributed by atoms with Gasteiger partial charge in [-0.25, -0.2) is 4.79 Å². The number of benzene rings is 3. The van der Waals surface area contributed by atoms with E-state index in [0.29, 0.717) is 10.6 Å². The molecule has 3 aromatic rings. The van der Waals surface area contributed by atoms with Gasteiger partial charge in [0, 0.05) is 23.0 Å². The minimum absolute atomic E-state index is 0.0400. The maximum absolute atomic E-state index is 12.2. The van der Waals surface area contributed by atoms with E-state index in [9.17, 15) is 15.0 Å². The van der Waals surface area contributed by atoms with Crippen LogP contribution in [0.5, 0.6) is 0 Å². The fraction of sp³-hybridized carbons (Fsp3) is 0.208. The summed E-state index contributed by atoms with van der Waals surface area (Å²) in [6, 6.07) is 22.9. The van der Waals surface area contributed by atoms with Gasteiger partial charge >= 0.3 is 6.09 Å². The maximum Gasteiger partial charge on any atom is 0.407 e. The second kappa shape index (κ2) is 8.88. The number of alkyl carbamates (subject to hydrolysis) is 1. The number of nitrogens with one attached hydrogen (secondary N) is 1. The Kier molecular flexibility index (Phi) is 6.04. The average Bonchev–Trinajstić information content (AvgIpc) is 3.09. The fourth-order valence-corrected chi connectivity index (χ4v) is 4.12. The lowest BCUT2D eigenvalue weighted by molar-refractivity contribution is 0.0186. The zero-order valence-corrected chi connectivity index (χ0v) is 16.9. The molecule has 30 heavy (non-hydrogen) atoms. The van der Waals surface area contributed by atoms with Crippen molar-refractivity contribution in [3.63, 3.8) is 0 Å². The van der Waals surface area contributed by atoms with E-state index < -0.39 is 18.3 Å². The molecular weight excluding hydrogens is 402 g/mol. The van der Waals surface area contributed by atoms with E-state index in [-0.39, 0.29) is 19.1 Å². The molecule has 6 heteroatoms. The van der Waals surface area contributed by atoms with E-state index in [2.05, 4.69) is 17.4 Å². The molecule has 0 saturated heterocycles. The first-order valence-electron chi connectivity index (χ1n) is 9.75. The molecule has 2 unspecified atom stereocenters. The smallest absolute Gasteiger partial charge is 0.407 e. The van der Waals surface area contributed by atoms with E-state index in [1.54, 1.807) is 24.3 Å². The number of rotatable bonds is 6. The molecule has 1 aliphatic rings.